The molecular formula is C20H27NO3S. The summed E-state index contributed by atoms with van der Waals surface area (Å²) in [6, 6.07) is 17.8. The molecule has 0 saturated heterocycles. The Kier molecular flexibility index (Phi) is 7.47. The molecule has 0 spiro atoms. The van der Waals surface area contributed by atoms with Gasteiger partial charge in [-0.15, -0.1) is 0 Å². The number of sulfonamides is 1. The molecule has 2 rings (SSSR count). The van der Waals surface area contributed by atoms with Crippen LogP contribution in [0.25, 0.3) is 0 Å². The van der Waals surface area contributed by atoms with Crippen molar-refractivity contribution in [1.29, 1.82) is 0 Å². The molecule has 0 saturated carbocycles. The van der Waals surface area contributed by atoms with Gasteiger partial charge in [-0.25, -0.2) is 13.1 Å². The van der Waals surface area contributed by atoms with E-state index in [1.807, 2.05) is 54.6 Å². The smallest absolute Gasteiger partial charge is 0.211 e. The summed E-state index contributed by atoms with van der Waals surface area (Å²) in [5.74, 6) is 1.37. The number of benzene rings is 2. The highest BCUT2D eigenvalue weighted by Crippen LogP contribution is 2.18. The SMILES string of the molecule is CC(C)c1ccc(OCCNS(=O)(=O)CCCc2ccccc2)cc1. The Morgan fingerprint density at radius 3 is 2.32 bits per heavy atom. The molecule has 2 aromatic rings. The molecule has 4 nitrogen and oxygen atoms in total. The normalized spacial score (nSPS) is 11.6. The summed E-state index contributed by atoms with van der Waals surface area (Å²) in [7, 11) is -3.25. The van der Waals surface area contributed by atoms with Gasteiger partial charge < -0.3 is 4.74 Å². The van der Waals surface area contributed by atoms with Crippen molar-refractivity contribution in [2.45, 2.75) is 32.6 Å². The summed E-state index contributed by atoms with van der Waals surface area (Å²) >= 11 is 0. The van der Waals surface area contributed by atoms with Crippen LogP contribution in [0.2, 0.25) is 0 Å². The Hall–Kier alpha value is -1.85. The van der Waals surface area contributed by atoms with Crippen LogP contribution >= 0.6 is 0 Å². The van der Waals surface area contributed by atoms with Crippen molar-refractivity contribution < 1.29 is 13.2 Å². The minimum absolute atomic E-state index is 0.130. The first-order valence-corrected chi connectivity index (χ1v) is 10.4. The van der Waals surface area contributed by atoms with Crippen LogP contribution in [-0.2, 0) is 16.4 Å². The molecule has 25 heavy (non-hydrogen) atoms. The number of aryl methyl sites for hydroxylation is 1. The second-order valence-electron chi connectivity index (χ2n) is 6.37. The quantitative estimate of drug-likeness (QED) is 0.656. The minimum atomic E-state index is -3.25. The summed E-state index contributed by atoms with van der Waals surface area (Å²) in [5.41, 5.74) is 2.41. The first-order valence-electron chi connectivity index (χ1n) is 8.70. The molecule has 0 atom stereocenters. The molecular weight excluding hydrogens is 334 g/mol. The van der Waals surface area contributed by atoms with E-state index >= 15 is 0 Å². The van der Waals surface area contributed by atoms with Gasteiger partial charge in [-0.2, -0.15) is 0 Å². The van der Waals surface area contributed by atoms with Crippen molar-refractivity contribution in [3.8, 4) is 5.75 Å². The Labute approximate surface area is 151 Å². The van der Waals surface area contributed by atoms with Crippen LogP contribution in [0.15, 0.2) is 54.6 Å². The highest BCUT2D eigenvalue weighted by molar-refractivity contribution is 7.89. The summed E-state index contributed by atoms with van der Waals surface area (Å²) in [6.07, 6.45) is 1.37. The van der Waals surface area contributed by atoms with Gasteiger partial charge in [0.15, 0.2) is 0 Å². The van der Waals surface area contributed by atoms with Crippen LogP contribution < -0.4 is 9.46 Å². The second-order valence-corrected chi connectivity index (χ2v) is 8.30. The lowest BCUT2D eigenvalue weighted by Gasteiger charge is -2.10. The molecule has 0 amide bonds. The molecule has 0 bridgehead atoms. The van der Waals surface area contributed by atoms with Gasteiger partial charge in [0, 0.05) is 6.54 Å². The molecule has 0 aliphatic carbocycles. The van der Waals surface area contributed by atoms with Crippen LogP contribution in [0.1, 0.15) is 37.3 Å². The van der Waals surface area contributed by atoms with E-state index in [0.717, 1.165) is 17.7 Å². The predicted molar refractivity (Wildman–Crippen MR) is 103 cm³/mol. The van der Waals surface area contributed by atoms with Crippen LogP contribution in [0.3, 0.4) is 0 Å². The number of ether oxygens (including phenoxy) is 1. The Morgan fingerprint density at radius 2 is 1.68 bits per heavy atom. The number of rotatable bonds is 10. The Bertz CT molecular complexity index is 725. The third-order valence-corrected chi connectivity index (χ3v) is 5.43. The van der Waals surface area contributed by atoms with Crippen molar-refractivity contribution in [3.63, 3.8) is 0 Å². The maximum absolute atomic E-state index is 12.0. The van der Waals surface area contributed by atoms with E-state index in [-0.39, 0.29) is 12.3 Å². The lowest BCUT2D eigenvalue weighted by atomic mass is 10.0. The third kappa shape index (κ3) is 7.28. The molecule has 2 aromatic carbocycles. The summed E-state index contributed by atoms with van der Waals surface area (Å²) in [5, 5.41) is 0. The molecule has 0 aromatic heterocycles. The zero-order valence-corrected chi connectivity index (χ0v) is 15.8. The molecule has 5 heteroatoms. The van der Waals surface area contributed by atoms with Gasteiger partial charge in [0.1, 0.15) is 12.4 Å². The molecule has 1 N–H and O–H groups in total. The zero-order chi connectivity index (χ0) is 18.1. The largest absolute Gasteiger partial charge is 0.492 e. The van der Waals surface area contributed by atoms with Gasteiger partial charge in [0.2, 0.25) is 10.0 Å². The van der Waals surface area contributed by atoms with E-state index in [1.165, 1.54) is 5.56 Å². The molecule has 0 heterocycles. The topological polar surface area (TPSA) is 55.4 Å². The van der Waals surface area contributed by atoms with E-state index in [9.17, 15) is 8.42 Å². The average Bonchev–Trinajstić information content (AvgIpc) is 2.60. The Morgan fingerprint density at radius 1 is 1.00 bits per heavy atom. The van der Waals surface area contributed by atoms with Crippen LogP contribution in [-0.4, -0.2) is 27.3 Å². The van der Waals surface area contributed by atoms with E-state index in [2.05, 4.69) is 18.6 Å². The van der Waals surface area contributed by atoms with Crippen LogP contribution in [0.5, 0.6) is 5.75 Å². The van der Waals surface area contributed by atoms with Gasteiger partial charge in [0.05, 0.1) is 5.75 Å². The zero-order valence-electron chi connectivity index (χ0n) is 14.9. The fourth-order valence-electron chi connectivity index (χ4n) is 2.50. The summed E-state index contributed by atoms with van der Waals surface area (Å²) < 4.78 is 32.1. The maximum atomic E-state index is 12.0. The minimum Gasteiger partial charge on any atom is -0.492 e. The molecule has 136 valence electrons. The molecule has 0 fully saturated rings. The molecule has 0 aliphatic heterocycles. The second kappa shape index (κ2) is 9.59. The number of hydrogen-bond acceptors (Lipinski definition) is 3. The summed E-state index contributed by atoms with van der Waals surface area (Å²) in [6.45, 7) is 4.88. The van der Waals surface area contributed by atoms with Crippen LogP contribution in [0.4, 0.5) is 0 Å². The van der Waals surface area contributed by atoms with Gasteiger partial charge in [-0.05, 0) is 42.0 Å². The van der Waals surface area contributed by atoms with Crippen LogP contribution in [0, 0.1) is 0 Å². The van der Waals surface area contributed by atoms with E-state index in [1.54, 1.807) is 0 Å². The lowest BCUT2D eigenvalue weighted by molar-refractivity contribution is 0.322. The first-order chi connectivity index (χ1) is 12.0. The van der Waals surface area contributed by atoms with Gasteiger partial charge in [-0.1, -0.05) is 56.3 Å². The standard InChI is InChI=1S/C20H27NO3S/c1-17(2)19-10-12-20(13-11-19)24-15-14-21-25(22,23)16-6-9-18-7-4-3-5-8-18/h3-5,7-8,10-13,17,21H,6,9,14-16H2,1-2H3. The maximum Gasteiger partial charge on any atom is 0.211 e. The fourth-order valence-corrected chi connectivity index (χ4v) is 3.56. The highest BCUT2D eigenvalue weighted by Gasteiger charge is 2.09. The summed E-state index contributed by atoms with van der Waals surface area (Å²) in [4.78, 5) is 0. The Balaban J connectivity index is 1.66. The van der Waals surface area contributed by atoms with Crippen molar-refractivity contribution in [3.05, 3.63) is 65.7 Å². The fraction of sp³-hybridized carbons (Fsp3) is 0.400. The number of nitrogens with one attached hydrogen (secondary N) is 1. The van der Waals surface area contributed by atoms with Crippen molar-refractivity contribution in [2.75, 3.05) is 18.9 Å². The predicted octanol–water partition coefficient (Wildman–Crippen LogP) is 3.74. The van der Waals surface area contributed by atoms with Crippen molar-refractivity contribution >= 4 is 10.0 Å². The third-order valence-electron chi connectivity index (χ3n) is 3.96. The van der Waals surface area contributed by atoms with Crippen molar-refractivity contribution in [2.24, 2.45) is 0 Å². The molecule has 0 radical (unpaired) electrons. The first kappa shape index (κ1) is 19.5. The van der Waals surface area contributed by atoms with Gasteiger partial charge >= 0.3 is 0 Å². The number of hydrogen-bond donors (Lipinski definition) is 1. The van der Waals surface area contributed by atoms with Gasteiger partial charge in [0.25, 0.3) is 0 Å². The highest BCUT2D eigenvalue weighted by atomic mass is 32.2. The molecule has 0 unspecified atom stereocenters. The lowest BCUT2D eigenvalue weighted by Crippen LogP contribution is -2.30. The van der Waals surface area contributed by atoms with Gasteiger partial charge in [-0.3, -0.25) is 0 Å². The average molecular weight is 362 g/mol. The van der Waals surface area contributed by atoms with E-state index in [0.29, 0.717) is 18.9 Å². The molecule has 0 aliphatic rings. The van der Waals surface area contributed by atoms with E-state index < -0.39 is 10.0 Å². The van der Waals surface area contributed by atoms with Crippen molar-refractivity contribution in [1.82, 2.24) is 4.72 Å². The monoisotopic (exact) mass is 361 g/mol. The van der Waals surface area contributed by atoms with E-state index in [4.69, 9.17) is 4.74 Å².